The third-order valence-electron chi connectivity index (χ3n) is 5.26. The summed E-state index contributed by atoms with van der Waals surface area (Å²) in [7, 11) is 0. The molecule has 1 amide bonds. The quantitative estimate of drug-likeness (QED) is 0.370. The summed E-state index contributed by atoms with van der Waals surface area (Å²) < 4.78 is 11.9. The summed E-state index contributed by atoms with van der Waals surface area (Å²) in [5.41, 5.74) is 3.33. The van der Waals surface area contributed by atoms with Crippen molar-refractivity contribution in [3.63, 3.8) is 0 Å². The van der Waals surface area contributed by atoms with Crippen LogP contribution in [0.15, 0.2) is 63.1 Å². The first kappa shape index (κ1) is 22.5. The molecule has 0 saturated heterocycles. The number of aromatic nitrogens is 2. The SMILES string of the molecule is CCc1ccc(N(C(C)=O)c2nc(COC(=O)C(C)n3c(=O)oc4ccccc43)cs2)cc1. The molecule has 8 nitrogen and oxygen atoms in total. The molecule has 170 valence electrons. The molecule has 2 heterocycles. The fourth-order valence-corrected chi connectivity index (χ4v) is 4.37. The van der Waals surface area contributed by atoms with Gasteiger partial charge in [0.05, 0.1) is 16.9 Å². The predicted octanol–water partition coefficient (Wildman–Crippen LogP) is 4.60. The number of anilines is 2. The third kappa shape index (κ3) is 4.58. The van der Waals surface area contributed by atoms with Crippen LogP contribution < -0.4 is 10.7 Å². The summed E-state index contributed by atoms with van der Waals surface area (Å²) in [5, 5.41) is 2.23. The van der Waals surface area contributed by atoms with Crippen molar-refractivity contribution < 1.29 is 18.7 Å². The van der Waals surface area contributed by atoms with Crippen LogP contribution in [0.4, 0.5) is 10.8 Å². The lowest BCUT2D eigenvalue weighted by molar-refractivity contribution is -0.148. The van der Waals surface area contributed by atoms with Crippen molar-refractivity contribution in [3.8, 4) is 0 Å². The van der Waals surface area contributed by atoms with Crippen LogP contribution in [0.3, 0.4) is 0 Å². The first-order valence-electron chi connectivity index (χ1n) is 10.5. The van der Waals surface area contributed by atoms with Gasteiger partial charge in [-0.2, -0.15) is 0 Å². The van der Waals surface area contributed by atoms with E-state index in [0.29, 0.717) is 21.9 Å². The van der Waals surface area contributed by atoms with Crippen molar-refractivity contribution in [2.75, 3.05) is 4.90 Å². The smallest absolute Gasteiger partial charge is 0.420 e. The molecule has 0 aliphatic carbocycles. The number of aryl methyl sites for hydroxylation is 1. The molecule has 0 aliphatic rings. The Labute approximate surface area is 194 Å². The number of ether oxygens (including phenoxy) is 1. The molecule has 0 fully saturated rings. The lowest BCUT2D eigenvalue weighted by atomic mass is 10.1. The number of carbonyl (C=O) groups excluding carboxylic acids is 2. The summed E-state index contributed by atoms with van der Waals surface area (Å²) in [5.74, 6) is -1.38. The molecule has 1 atom stereocenters. The van der Waals surface area contributed by atoms with Crippen LogP contribution in [0.1, 0.15) is 38.1 Å². The Balaban J connectivity index is 1.47. The number of nitrogens with zero attached hydrogens (tertiary/aromatic N) is 3. The Morgan fingerprint density at radius 1 is 1.18 bits per heavy atom. The molecule has 0 spiro atoms. The fourth-order valence-electron chi connectivity index (χ4n) is 3.49. The van der Waals surface area contributed by atoms with Crippen molar-refractivity contribution in [3.05, 3.63) is 75.7 Å². The van der Waals surface area contributed by atoms with E-state index in [9.17, 15) is 14.4 Å². The summed E-state index contributed by atoms with van der Waals surface area (Å²) >= 11 is 1.29. The van der Waals surface area contributed by atoms with Crippen molar-refractivity contribution in [2.45, 2.75) is 39.8 Å². The van der Waals surface area contributed by atoms with Crippen LogP contribution in [-0.4, -0.2) is 21.4 Å². The summed E-state index contributed by atoms with van der Waals surface area (Å²) in [6, 6.07) is 13.7. The van der Waals surface area contributed by atoms with Gasteiger partial charge in [0.25, 0.3) is 0 Å². The van der Waals surface area contributed by atoms with Crippen LogP contribution in [-0.2, 0) is 27.4 Å². The number of hydrogen-bond acceptors (Lipinski definition) is 7. The van der Waals surface area contributed by atoms with Crippen molar-refractivity contribution in [1.29, 1.82) is 0 Å². The Kier molecular flexibility index (Phi) is 6.41. The van der Waals surface area contributed by atoms with E-state index in [1.54, 1.807) is 36.6 Å². The first-order valence-corrected chi connectivity index (χ1v) is 11.4. The van der Waals surface area contributed by atoms with Gasteiger partial charge in [0, 0.05) is 12.3 Å². The molecular formula is C24H23N3O5S. The summed E-state index contributed by atoms with van der Waals surface area (Å²) in [6.07, 6.45) is 0.909. The topological polar surface area (TPSA) is 94.6 Å². The van der Waals surface area contributed by atoms with Crippen LogP contribution in [0.25, 0.3) is 11.1 Å². The Bertz CT molecular complexity index is 1350. The van der Waals surface area contributed by atoms with E-state index in [1.807, 2.05) is 24.3 Å². The van der Waals surface area contributed by atoms with E-state index < -0.39 is 17.8 Å². The molecule has 1 unspecified atom stereocenters. The zero-order chi connectivity index (χ0) is 23.5. The molecule has 4 aromatic rings. The van der Waals surface area contributed by atoms with Gasteiger partial charge in [-0.05, 0) is 43.2 Å². The van der Waals surface area contributed by atoms with Gasteiger partial charge in [0.1, 0.15) is 12.6 Å². The number of benzene rings is 2. The average molecular weight is 466 g/mol. The number of amides is 1. The van der Waals surface area contributed by atoms with E-state index in [2.05, 4.69) is 11.9 Å². The van der Waals surface area contributed by atoms with Gasteiger partial charge >= 0.3 is 11.7 Å². The van der Waals surface area contributed by atoms with E-state index >= 15 is 0 Å². The summed E-state index contributed by atoms with van der Waals surface area (Å²) in [6.45, 7) is 5.04. The largest absolute Gasteiger partial charge is 0.458 e. The van der Waals surface area contributed by atoms with Gasteiger partial charge in [0.2, 0.25) is 5.91 Å². The van der Waals surface area contributed by atoms with Gasteiger partial charge in [-0.1, -0.05) is 31.2 Å². The predicted molar refractivity (Wildman–Crippen MR) is 126 cm³/mol. The fraction of sp³-hybridized carbons (Fsp3) is 0.250. The van der Waals surface area contributed by atoms with E-state index in [4.69, 9.17) is 9.15 Å². The van der Waals surface area contributed by atoms with E-state index in [-0.39, 0.29) is 12.5 Å². The standard InChI is InChI=1S/C24H23N3O5S/c1-4-17-9-11-19(12-10-17)27(16(3)28)23-25-18(14-33-23)13-31-22(29)15(2)26-20-7-5-6-8-21(20)32-24(26)30/h5-12,14-15H,4,13H2,1-3H3. The first-order chi connectivity index (χ1) is 15.9. The number of thiazole rings is 1. The zero-order valence-corrected chi connectivity index (χ0v) is 19.3. The highest BCUT2D eigenvalue weighted by Crippen LogP contribution is 2.29. The van der Waals surface area contributed by atoms with E-state index in [0.717, 1.165) is 12.1 Å². The lowest BCUT2D eigenvalue weighted by Gasteiger charge is -2.18. The molecular weight excluding hydrogens is 442 g/mol. The monoisotopic (exact) mass is 465 g/mol. The Morgan fingerprint density at radius 2 is 1.91 bits per heavy atom. The molecule has 9 heteroatoms. The second kappa shape index (κ2) is 9.41. The van der Waals surface area contributed by atoms with Crippen LogP contribution in [0.2, 0.25) is 0 Å². The second-order valence-corrected chi connectivity index (χ2v) is 8.32. The maximum atomic E-state index is 12.6. The molecule has 33 heavy (non-hydrogen) atoms. The van der Waals surface area contributed by atoms with Gasteiger partial charge in [0.15, 0.2) is 10.7 Å². The number of para-hydroxylation sites is 2. The number of esters is 1. The van der Waals surface area contributed by atoms with Crippen LogP contribution in [0.5, 0.6) is 0 Å². The Hall–Kier alpha value is -3.72. The van der Waals surface area contributed by atoms with Gasteiger partial charge in [-0.25, -0.2) is 14.6 Å². The number of rotatable bonds is 7. The second-order valence-electron chi connectivity index (χ2n) is 7.49. The normalized spacial score (nSPS) is 12.0. The number of oxazole rings is 1. The third-order valence-corrected chi connectivity index (χ3v) is 6.13. The number of carbonyl (C=O) groups is 2. The highest BCUT2D eigenvalue weighted by Gasteiger charge is 2.23. The minimum absolute atomic E-state index is 0.0786. The Morgan fingerprint density at radius 3 is 2.61 bits per heavy atom. The molecule has 4 rings (SSSR count). The molecule has 0 bridgehead atoms. The highest BCUT2D eigenvalue weighted by atomic mass is 32.1. The molecule has 0 radical (unpaired) electrons. The van der Waals surface area contributed by atoms with Crippen LogP contribution >= 0.6 is 11.3 Å². The molecule has 0 aliphatic heterocycles. The average Bonchev–Trinajstić information content (AvgIpc) is 3.40. The van der Waals surface area contributed by atoms with Crippen LogP contribution in [0, 0.1) is 0 Å². The maximum absolute atomic E-state index is 12.6. The van der Waals surface area contributed by atoms with Gasteiger partial charge < -0.3 is 9.15 Å². The molecule has 0 saturated carbocycles. The van der Waals surface area contributed by atoms with Crippen molar-refractivity contribution in [2.24, 2.45) is 0 Å². The van der Waals surface area contributed by atoms with Gasteiger partial charge in [-0.3, -0.25) is 14.3 Å². The molecule has 2 aromatic carbocycles. The van der Waals surface area contributed by atoms with Crippen molar-refractivity contribution >= 4 is 45.1 Å². The maximum Gasteiger partial charge on any atom is 0.420 e. The number of fused-ring (bicyclic) bond motifs is 1. The highest BCUT2D eigenvalue weighted by molar-refractivity contribution is 7.14. The molecule has 2 aromatic heterocycles. The zero-order valence-electron chi connectivity index (χ0n) is 18.5. The molecule has 0 N–H and O–H groups in total. The minimum Gasteiger partial charge on any atom is -0.458 e. The lowest BCUT2D eigenvalue weighted by Crippen LogP contribution is -2.26. The van der Waals surface area contributed by atoms with E-state index in [1.165, 1.54) is 33.3 Å². The van der Waals surface area contributed by atoms with Gasteiger partial charge in [-0.15, -0.1) is 11.3 Å². The van der Waals surface area contributed by atoms with Crippen molar-refractivity contribution in [1.82, 2.24) is 9.55 Å². The minimum atomic E-state index is -0.870. The summed E-state index contributed by atoms with van der Waals surface area (Å²) in [4.78, 5) is 43.1. The number of hydrogen-bond donors (Lipinski definition) is 0.